The third kappa shape index (κ3) is 4.06. The molecule has 0 aliphatic carbocycles. The van der Waals surface area contributed by atoms with Gasteiger partial charge in [0, 0.05) is 40.9 Å². The number of halogens is 1. The predicted molar refractivity (Wildman–Crippen MR) is 126 cm³/mol. The van der Waals surface area contributed by atoms with Gasteiger partial charge >= 0.3 is 0 Å². The summed E-state index contributed by atoms with van der Waals surface area (Å²) in [6.45, 7) is 4.00. The molecule has 3 aromatic heterocycles. The smallest absolute Gasteiger partial charge is 0.205 e. The van der Waals surface area contributed by atoms with Gasteiger partial charge in [-0.2, -0.15) is 5.10 Å². The Labute approximate surface area is 191 Å². The van der Waals surface area contributed by atoms with Crippen molar-refractivity contribution in [3.63, 3.8) is 0 Å². The molecule has 1 saturated heterocycles. The monoisotopic (exact) mass is 451 g/mol. The van der Waals surface area contributed by atoms with E-state index in [0.717, 1.165) is 53.7 Å². The number of nitrogens with zero attached hydrogens (tertiary/aromatic N) is 2. The van der Waals surface area contributed by atoms with Crippen molar-refractivity contribution < 1.29 is 9.15 Å². The van der Waals surface area contributed by atoms with Crippen LogP contribution in [0.1, 0.15) is 36.9 Å². The minimum atomic E-state index is -0.143. The maximum Gasteiger partial charge on any atom is 0.205 e. The van der Waals surface area contributed by atoms with Crippen molar-refractivity contribution in [3.8, 4) is 16.9 Å². The number of hydrogen-bond acceptors (Lipinski definition) is 6. The van der Waals surface area contributed by atoms with Crippen LogP contribution in [0.5, 0.6) is 5.75 Å². The molecule has 0 bridgehead atoms. The third-order valence-electron chi connectivity index (χ3n) is 6.02. The highest BCUT2D eigenvalue weighted by Crippen LogP contribution is 2.41. The van der Waals surface area contributed by atoms with Gasteiger partial charge in [0.25, 0.3) is 0 Å². The zero-order valence-electron chi connectivity index (χ0n) is 17.9. The van der Waals surface area contributed by atoms with Crippen molar-refractivity contribution in [1.82, 2.24) is 20.5 Å². The lowest BCUT2D eigenvalue weighted by atomic mass is 9.90. The van der Waals surface area contributed by atoms with E-state index in [1.54, 1.807) is 12.5 Å². The molecule has 0 radical (unpaired) electrons. The Morgan fingerprint density at radius 2 is 2.12 bits per heavy atom. The molecular formula is C24H26ClN5O2. The van der Waals surface area contributed by atoms with E-state index >= 15 is 0 Å². The summed E-state index contributed by atoms with van der Waals surface area (Å²) < 4.78 is 12.2. The van der Waals surface area contributed by atoms with Crippen LogP contribution in [0.2, 0.25) is 5.02 Å². The Kier molecular flexibility index (Phi) is 5.76. The molecule has 8 heteroatoms. The van der Waals surface area contributed by atoms with Crippen LogP contribution in [0.25, 0.3) is 22.1 Å². The molecule has 4 N–H and O–H groups in total. The molecule has 1 aliphatic heterocycles. The van der Waals surface area contributed by atoms with Crippen LogP contribution in [0.3, 0.4) is 0 Å². The lowest BCUT2D eigenvalue weighted by molar-refractivity contribution is 0.223. The highest BCUT2D eigenvalue weighted by atomic mass is 35.5. The molecule has 4 aromatic rings. The molecule has 1 aromatic carbocycles. The lowest BCUT2D eigenvalue weighted by Gasteiger charge is -2.21. The maximum absolute atomic E-state index is 6.22. The van der Waals surface area contributed by atoms with Gasteiger partial charge in [0.05, 0.1) is 11.1 Å². The molecule has 1 aliphatic rings. The molecule has 0 saturated carbocycles. The highest BCUT2D eigenvalue weighted by molar-refractivity contribution is 6.30. The van der Waals surface area contributed by atoms with E-state index in [1.165, 1.54) is 0 Å². The number of piperidine rings is 1. The Morgan fingerprint density at radius 1 is 1.28 bits per heavy atom. The quantitative estimate of drug-likeness (QED) is 0.384. The van der Waals surface area contributed by atoms with E-state index in [9.17, 15) is 0 Å². The van der Waals surface area contributed by atoms with Gasteiger partial charge in [-0.3, -0.25) is 5.10 Å². The number of nitrogen functional groups attached to an aromatic ring is 1. The first-order valence-electron chi connectivity index (χ1n) is 10.9. The number of furan rings is 1. The number of rotatable bonds is 6. The number of fused-ring (bicyclic) bond motifs is 1. The van der Waals surface area contributed by atoms with Crippen LogP contribution >= 0.6 is 11.6 Å². The van der Waals surface area contributed by atoms with Gasteiger partial charge in [-0.1, -0.05) is 23.7 Å². The average Bonchev–Trinajstić information content (AvgIpc) is 3.43. The van der Waals surface area contributed by atoms with Crippen molar-refractivity contribution in [2.24, 2.45) is 0 Å². The Morgan fingerprint density at radius 3 is 2.94 bits per heavy atom. The second kappa shape index (κ2) is 8.84. The van der Waals surface area contributed by atoms with Gasteiger partial charge in [0.2, 0.25) is 5.75 Å². The number of anilines is 1. The van der Waals surface area contributed by atoms with Crippen molar-refractivity contribution in [2.75, 3.05) is 18.8 Å². The van der Waals surface area contributed by atoms with Crippen molar-refractivity contribution >= 4 is 28.4 Å². The fourth-order valence-corrected chi connectivity index (χ4v) is 4.68. The molecule has 1 unspecified atom stereocenters. The summed E-state index contributed by atoms with van der Waals surface area (Å²) >= 11 is 6.12. The van der Waals surface area contributed by atoms with E-state index in [1.807, 2.05) is 37.4 Å². The van der Waals surface area contributed by atoms with E-state index < -0.39 is 0 Å². The number of aromatic amines is 1. The zero-order valence-corrected chi connectivity index (χ0v) is 18.7. The van der Waals surface area contributed by atoms with Gasteiger partial charge in [0.15, 0.2) is 11.4 Å². The van der Waals surface area contributed by atoms with Crippen LogP contribution in [-0.2, 0) is 6.42 Å². The molecule has 7 nitrogen and oxygen atoms in total. The zero-order chi connectivity index (χ0) is 22.1. The number of benzene rings is 1. The molecular weight excluding hydrogens is 426 g/mol. The summed E-state index contributed by atoms with van der Waals surface area (Å²) in [5, 5.41) is 12.6. The minimum absolute atomic E-state index is 0.143. The number of nitrogens with two attached hydrogens (primary N) is 1. The van der Waals surface area contributed by atoms with Gasteiger partial charge in [-0.25, -0.2) is 4.98 Å². The van der Waals surface area contributed by atoms with Crippen LogP contribution in [0.15, 0.2) is 47.3 Å². The second-order valence-corrected chi connectivity index (χ2v) is 8.77. The summed E-state index contributed by atoms with van der Waals surface area (Å²) in [6.07, 6.45) is 8.09. The van der Waals surface area contributed by atoms with Gasteiger partial charge < -0.3 is 20.2 Å². The Hall–Kier alpha value is -3.03. The summed E-state index contributed by atoms with van der Waals surface area (Å²) in [5.41, 5.74) is 10.9. The first-order valence-corrected chi connectivity index (χ1v) is 11.3. The van der Waals surface area contributed by atoms with Crippen LogP contribution in [0.4, 0.5) is 5.82 Å². The number of H-pyrrole nitrogens is 1. The Balaban J connectivity index is 1.45. The normalized spacial score (nSPS) is 15.8. The largest absolute Gasteiger partial charge is 0.483 e. The fraction of sp³-hybridized carbons (Fsp3) is 0.333. The minimum Gasteiger partial charge on any atom is -0.483 e. The molecule has 166 valence electrons. The fourth-order valence-electron chi connectivity index (χ4n) is 4.46. The Bertz CT molecular complexity index is 1230. The molecule has 0 spiro atoms. The molecule has 1 fully saturated rings. The molecule has 1 atom stereocenters. The highest BCUT2D eigenvalue weighted by Gasteiger charge is 2.25. The first-order chi connectivity index (χ1) is 15.6. The van der Waals surface area contributed by atoms with E-state index in [2.05, 4.69) is 20.5 Å². The van der Waals surface area contributed by atoms with E-state index in [0.29, 0.717) is 34.5 Å². The SMILES string of the molecule is CC(Cc1cccc(Cl)c1)Oc1c(N)ncc2c(-c3c[nH]nc3C3CCNCC3)coc12. The van der Waals surface area contributed by atoms with Gasteiger partial charge in [0.1, 0.15) is 12.4 Å². The maximum atomic E-state index is 6.22. The lowest BCUT2D eigenvalue weighted by Crippen LogP contribution is -2.27. The number of nitrogens with one attached hydrogen (secondary N) is 2. The predicted octanol–water partition coefficient (Wildman–Crippen LogP) is 4.93. The number of aromatic nitrogens is 3. The second-order valence-electron chi connectivity index (χ2n) is 8.34. The van der Waals surface area contributed by atoms with Gasteiger partial charge in [-0.15, -0.1) is 0 Å². The van der Waals surface area contributed by atoms with Crippen LogP contribution in [-0.4, -0.2) is 34.4 Å². The third-order valence-corrected chi connectivity index (χ3v) is 6.25. The molecule has 5 rings (SSSR count). The van der Waals surface area contributed by atoms with Crippen molar-refractivity contribution in [2.45, 2.75) is 38.2 Å². The number of hydrogen-bond donors (Lipinski definition) is 3. The van der Waals surface area contributed by atoms with Crippen molar-refractivity contribution in [1.29, 1.82) is 0 Å². The first kappa shape index (κ1) is 20.8. The molecule has 32 heavy (non-hydrogen) atoms. The van der Waals surface area contributed by atoms with Gasteiger partial charge in [-0.05, 0) is 50.6 Å². The standard InChI is InChI=1S/C24H26ClN5O2/c1-14(9-15-3-2-4-17(25)10-15)32-23-22-19(11-28-24(23)26)20(13-31-22)18-12-29-30-21(18)16-5-7-27-8-6-16/h2-4,10-14,16,27H,5-9H2,1H3,(H2,26,28)(H,29,30). The number of pyridine rings is 1. The van der Waals surface area contributed by atoms with Crippen LogP contribution < -0.4 is 15.8 Å². The summed E-state index contributed by atoms with van der Waals surface area (Å²) in [5.74, 6) is 1.19. The average molecular weight is 452 g/mol. The van der Waals surface area contributed by atoms with E-state index in [-0.39, 0.29) is 6.10 Å². The summed E-state index contributed by atoms with van der Waals surface area (Å²) in [6, 6.07) is 7.76. The molecule has 4 heterocycles. The van der Waals surface area contributed by atoms with Crippen LogP contribution in [0, 0.1) is 0 Å². The summed E-state index contributed by atoms with van der Waals surface area (Å²) in [7, 11) is 0. The molecule has 0 amide bonds. The topological polar surface area (TPSA) is 102 Å². The van der Waals surface area contributed by atoms with Crippen molar-refractivity contribution in [3.05, 3.63) is 59.2 Å². The number of ether oxygens (including phenoxy) is 1. The summed E-state index contributed by atoms with van der Waals surface area (Å²) in [4.78, 5) is 4.40. The van der Waals surface area contributed by atoms with E-state index in [4.69, 9.17) is 26.5 Å².